The van der Waals surface area contributed by atoms with Gasteiger partial charge in [-0.05, 0) is 47.3 Å². The van der Waals surface area contributed by atoms with Crippen molar-refractivity contribution in [3.63, 3.8) is 0 Å². The number of aryl methyl sites for hydroxylation is 1. The van der Waals surface area contributed by atoms with Gasteiger partial charge in [-0.3, -0.25) is 10.1 Å². The highest BCUT2D eigenvalue weighted by molar-refractivity contribution is 9.10. The zero-order valence-electron chi connectivity index (χ0n) is 8.44. The molecule has 0 unspecified atom stereocenters. The number of hydrogen-bond donors (Lipinski definition) is 1. The van der Waals surface area contributed by atoms with Crippen LogP contribution in [0.3, 0.4) is 0 Å². The predicted molar refractivity (Wildman–Crippen MR) is 62.8 cm³/mol. The fourth-order valence-corrected chi connectivity index (χ4v) is 1.64. The van der Waals surface area contributed by atoms with Crippen molar-refractivity contribution in [3.05, 3.63) is 38.3 Å². The summed E-state index contributed by atoms with van der Waals surface area (Å²) in [7, 11) is 0. The summed E-state index contributed by atoms with van der Waals surface area (Å²) < 4.78 is 0.511. The molecule has 82 valence electrons. The summed E-state index contributed by atoms with van der Waals surface area (Å²) in [5.41, 5.74) is 6.68. The van der Waals surface area contributed by atoms with Crippen LogP contribution in [0.4, 0.5) is 5.69 Å². The molecule has 5 heteroatoms. The van der Waals surface area contributed by atoms with Gasteiger partial charge in [-0.25, -0.2) is 0 Å². The van der Waals surface area contributed by atoms with E-state index in [1.807, 2.05) is 13.0 Å². The van der Waals surface area contributed by atoms with Crippen LogP contribution >= 0.6 is 15.9 Å². The average Bonchev–Trinajstić information content (AvgIpc) is 2.16. The van der Waals surface area contributed by atoms with Crippen LogP contribution in [0.2, 0.25) is 0 Å². The van der Waals surface area contributed by atoms with Gasteiger partial charge >= 0.3 is 0 Å². The monoisotopic (exact) mass is 272 g/mol. The van der Waals surface area contributed by atoms with Gasteiger partial charge in [0.2, 0.25) is 0 Å². The zero-order valence-corrected chi connectivity index (χ0v) is 10.0. The summed E-state index contributed by atoms with van der Waals surface area (Å²) in [4.78, 5) is 10.3. The third kappa shape index (κ3) is 3.60. The van der Waals surface area contributed by atoms with Crippen LogP contribution in [-0.2, 0) is 6.42 Å². The number of benzene rings is 1. The van der Waals surface area contributed by atoms with E-state index in [1.54, 1.807) is 12.1 Å². The van der Waals surface area contributed by atoms with Gasteiger partial charge in [0, 0.05) is 12.1 Å². The normalized spacial score (nSPS) is 12.5. The van der Waals surface area contributed by atoms with E-state index < -0.39 is 0 Å². The number of rotatable bonds is 4. The lowest BCUT2D eigenvalue weighted by Crippen LogP contribution is -2.15. The zero-order chi connectivity index (χ0) is 11.4. The molecule has 0 radical (unpaired) electrons. The average molecular weight is 273 g/mol. The first-order chi connectivity index (χ1) is 7.00. The highest BCUT2D eigenvalue weighted by Crippen LogP contribution is 2.26. The smallest absolute Gasteiger partial charge is 0.283 e. The van der Waals surface area contributed by atoms with Crippen molar-refractivity contribution in [2.45, 2.75) is 25.8 Å². The maximum atomic E-state index is 10.7. The van der Waals surface area contributed by atoms with Gasteiger partial charge in [0.05, 0.1) is 9.40 Å². The number of nitrogens with zero attached hydrogens (tertiary/aromatic N) is 1. The molecule has 1 aromatic carbocycles. The van der Waals surface area contributed by atoms with Crippen molar-refractivity contribution in [1.82, 2.24) is 0 Å². The molecule has 0 bridgehead atoms. The number of nitro benzene ring substituents is 1. The largest absolute Gasteiger partial charge is 0.328 e. The Morgan fingerprint density at radius 3 is 2.80 bits per heavy atom. The van der Waals surface area contributed by atoms with E-state index in [0.717, 1.165) is 18.4 Å². The van der Waals surface area contributed by atoms with Gasteiger partial charge in [0.15, 0.2) is 0 Å². The van der Waals surface area contributed by atoms with Gasteiger partial charge in [0.1, 0.15) is 0 Å². The minimum absolute atomic E-state index is 0.108. The van der Waals surface area contributed by atoms with Crippen molar-refractivity contribution in [2.75, 3.05) is 0 Å². The van der Waals surface area contributed by atoms with Crippen LogP contribution in [-0.4, -0.2) is 11.0 Å². The van der Waals surface area contributed by atoms with E-state index in [9.17, 15) is 10.1 Å². The first kappa shape index (κ1) is 12.1. The number of halogens is 1. The van der Waals surface area contributed by atoms with Crippen LogP contribution in [0.25, 0.3) is 0 Å². The number of nitrogens with two attached hydrogens (primary N) is 1. The maximum Gasteiger partial charge on any atom is 0.283 e. The number of nitro groups is 1. The molecule has 15 heavy (non-hydrogen) atoms. The predicted octanol–water partition coefficient (Wildman–Crippen LogP) is 2.64. The van der Waals surface area contributed by atoms with Crippen LogP contribution in [0.5, 0.6) is 0 Å². The summed E-state index contributed by atoms with van der Waals surface area (Å²) >= 11 is 3.14. The summed E-state index contributed by atoms with van der Waals surface area (Å²) in [6.07, 6.45) is 1.60. The molecule has 0 aliphatic rings. The highest BCUT2D eigenvalue weighted by Gasteiger charge is 2.12. The third-order valence-electron chi connectivity index (χ3n) is 2.10. The second-order valence-corrected chi connectivity index (χ2v) is 4.41. The van der Waals surface area contributed by atoms with Crippen molar-refractivity contribution >= 4 is 21.6 Å². The van der Waals surface area contributed by atoms with E-state index in [0.29, 0.717) is 4.47 Å². The van der Waals surface area contributed by atoms with Crippen LogP contribution in [0.1, 0.15) is 18.9 Å². The van der Waals surface area contributed by atoms with Crippen molar-refractivity contribution in [3.8, 4) is 0 Å². The van der Waals surface area contributed by atoms with Gasteiger partial charge in [-0.1, -0.05) is 6.07 Å². The third-order valence-corrected chi connectivity index (χ3v) is 2.77. The molecule has 0 aliphatic heterocycles. The van der Waals surface area contributed by atoms with Crippen molar-refractivity contribution in [1.29, 1.82) is 0 Å². The van der Waals surface area contributed by atoms with Gasteiger partial charge < -0.3 is 5.73 Å². The second kappa shape index (κ2) is 5.23. The molecule has 0 aromatic heterocycles. The molecule has 0 spiro atoms. The van der Waals surface area contributed by atoms with Crippen molar-refractivity contribution < 1.29 is 4.92 Å². The minimum atomic E-state index is -0.389. The van der Waals surface area contributed by atoms with Gasteiger partial charge in [-0.15, -0.1) is 0 Å². The van der Waals surface area contributed by atoms with E-state index in [4.69, 9.17) is 5.73 Å². The van der Waals surface area contributed by atoms with Crippen LogP contribution < -0.4 is 5.73 Å². The Hall–Kier alpha value is -0.940. The van der Waals surface area contributed by atoms with Gasteiger partial charge in [0.25, 0.3) is 5.69 Å². The standard InChI is InChI=1S/C10H13BrN2O2/c1-7(12)2-3-8-4-5-9(11)10(6-8)13(14)15/h4-7H,2-3,12H2,1H3/t7-/m0/s1. The Morgan fingerprint density at radius 2 is 2.27 bits per heavy atom. The molecule has 0 saturated heterocycles. The summed E-state index contributed by atoms with van der Waals surface area (Å²) in [6, 6.07) is 5.29. The molecule has 2 N–H and O–H groups in total. The Morgan fingerprint density at radius 1 is 1.60 bits per heavy atom. The first-order valence-electron chi connectivity index (χ1n) is 4.69. The molecule has 0 aliphatic carbocycles. The second-order valence-electron chi connectivity index (χ2n) is 3.56. The van der Waals surface area contributed by atoms with Crippen LogP contribution in [0.15, 0.2) is 22.7 Å². The minimum Gasteiger partial charge on any atom is -0.328 e. The first-order valence-corrected chi connectivity index (χ1v) is 5.48. The lowest BCUT2D eigenvalue weighted by molar-refractivity contribution is -0.385. The quantitative estimate of drug-likeness (QED) is 0.677. The Bertz CT molecular complexity index is 366. The maximum absolute atomic E-state index is 10.7. The molecule has 1 aromatic rings. The Balaban J connectivity index is 2.83. The fourth-order valence-electron chi connectivity index (χ4n) is 1.25. The van der Waals surface area contributed by atoms with E-state index in [1.165, 1.54) is 0 Å². The molecular formula is C10H13BrN2O2. The van der Waals surface area contributed by atoms with E-state index in [-0.39, 0.29) is 16.7 Å². The van der Waals surface area contributed by atoms with Gasteiger partial charge in [-0.2, -0.15) is 0 Å². The Labute approximate surface area is 96.8 Å². The Kier molecular flexibility index (Phi) is 4.23. The molecular weight excluding hydrogens is 260 g/mol. The molecule has 0 fully saturated rings. The fraction of sp³-hybridized carbons (Fsp3) is 0.400. The molecule has 4 nitrogen and oxygen atoms in total. The molecule has 0 heterocycles. The van der Waals surface area contributed by atoms with E-state index >= 15 is 0 Å². The molecule has 0 amide bonds. The SMILES string of the molecule is C[C@H](N)CCc1ccc(Br)c([N+](=O)[O-])c1. The topological polar surface area (TPSA) is 69.2 Å². The molecule has 1 atom stereocenters. The van der Waals surface area contributed by atoms with Crippen LogP contribution in [0, 0.1) is 10.1 Å². The lowest BCUT2D eigenvalue weighted by Gasteiger charge is -2.05. The molecule has 1 rings (SSSR count). The molecule has 0 saturated carbocycles. The van der Waals surface area contributed by atoms with Crippen molar-refractivity contribution in [2.24, 2.45) is 5.73 Å². The summed E-state index contributed by atoms with van der Waals surface area (Å²) in [6.45, 7) is 1.92. The van der Waals surface area contributed by atoms with E-state index in [2.05, 4.69) is 15.9 Å². The summed E-state index contributed by atoms with van der Waals surface area (Å²) in [5.74, 6) is 0. The lowest BCUT2D eigenvalue weighted by atomic mass is 10.1. The highest BCUT2D eigenvalue weighted by atomic mass is 79.9. The number of hydrogen-bond acceptors (Lipinski definition) is 3. The summed E-state index contributed by atoms with van der Waals surface area (Å²) in [5, 5.41) is 10.7.